The number of nitrogens with zero attached hydrogens (tertiary/aromatic N) is 1. The van der Waals surface area contributed by atoms with Crippen LogP contribution in [0.2, 0.25) is 0 Å². The average Bonchev–Trinajstić information content (AvgIpc) is 3.39. The lowest BCUT2D eigenvalue weighted by Gasteiger charge is -2.52. The van der Waals surface area contributed by atoms with Crippen molar-refractivity contribution < 1.29 is 38.0 Å². The Labute approximate surface area is 257 Å². The lowest BCUT2D eigenvalue weighted by molar-refractivity contribution is -0.176. The Balaban J connectivity index is 1.26. The van der Waals surface area contributed by atoms with Crippen molar-refractivity contribution in [2.45, 2.75) is 50.4 Å². The van der Waals surface area contributed by atoms with Crippen LogP contribution in [0.1, 0.15) is 40.9 Å². The highest BCUT2D eigenvalue weighted by molar-refractivity contribution is 5.91. The Morgan fingerprint density at radius 2 is 1.68 bits per heavy atom. The quantitative estimate of drug-likeness (QED) is 0.391. The molecule has 3 aliphatic rings. The number of para-hydroxylation sites is 1. The second-order valence-electron chi connectivity index (χ2n) is 12.1. The van der Waals surface area contributed by atoms with Gasteiger partial charge in [0.15, 0.2) is 11.5 Å². The molecule has 2 unspecified atom stereocenters. The minimum atomic E-state index is -0.636. The number of esters is 2. The molecule has 10 nitrogen and oxygen atoms in total. The molecule has 3 aromatic rings. The third-order valence-corrected chi connectivity index (χ3v) is 10.0. The van der Waals surface area contributed by atoms with Crippen LogP contribution in [-0.4, -0.2) is 88.7 Å². The van der Waals surface area contributed by atoms with Crippen LogP contribution in [0.15, 0.2) is 36.4 Å². The van der Waals surface area contributed by atoms with Crippen molar-refractivity contribution >= 4 is 22.8 Å². The van der Waals surface area contributed by atoms with Gasteiger partial charge in [-0.05, 0) is 67.7 Å². The molecule has 0 spiro atoms. The molecule has 0 bridgehead atoms. The van der Waals surface area contributed by atoms with Crippen molar-refractivity contribution in [1.82, 2.24) is 9.88 Å². The zero-order valence-corrected chi connectivity index (χ0v) is 26.1. The van der Waals surface area contributed by atoms with E-state index in [1.165, 1.54) is 50.6 Å². The van der Waals surface area contributed by atoms with Gasteiger partial charge < -0.3 is 33.4 Å². The molecular formula is C34H42N2O8. The van der Waals surface area contributed by atoms with Gasteiger partial charge in [0, 0.05) is 42.8 Å². The van der Waals surface area contributed by atoms with Crippen LogP contribution in [-0.2, 0) is 31.8 Å². The zero-order valence-electron chi connectivity index (χ0n) is 26.1. The maximum Gasteiger partial charge on any atom is 0.338 e. The van der Waals surface area contributed by atoms with Crippen molar-refractivity contribution in [2.24, 2.45) is 17.8 Å². The van der Waals surface area contributed by atoms with E-state index in [9.17, 15) is 9.59 Å². The molecule has 2 fully saturated rings. The monoisotopic (exact) mass is 606 g/mol. The summed E-state index contributed by atoms with van der Waals surface area (Å²) in [6.45, 7) is 1.77. The number of aryl methyl sites for hydroxylation is 1. The lowest BCUT2D eigenvalue weighted by atomic mass is 9.64. The van der Waals surface area contributed by atoms with Crippen LogP contribution in [0, 0.1) is 17.8 Å². The van der Waals surface area contributed by atoms with E-state index in [0.29, 0.717) is 29.7 Å². The van der Waals surface area contributed by atoms with E-state index in [1.54, 1.807) is 19.2 Å². The second-order valence-corrected chi connectivity index (χ2v) is 12.1. The van der Waals surface area contributed by atoms with Crippen LogP contribution in [0.4, 0.5) is 0 Å². The minimum Gasteiger partial charge on any atom is -0.493 e. The van der Waals surface area contributed by atoms with Gasteiger partial charge in [0.2, 0.25) is 5.75 Å². The van der Waals surface area contributed by atoms with Crippen LogP contribution >= 0.6 is 0 Å². The topological polar surface area (TPSA) is 109 Å². The number of methoxy groups -OCH3 is 5. The Morgan fingerprint density at radius 1 is 0.932 bits per heavy atom. The molecule has 1 saturated carbocycles. The number of hydrogen-bond acceptors (Lipinski definition) is 9. The van der Waals surface area contributed by atoms with Gasteiger partial charge in [-0.1, -0.05) is 18.2 Å². The first-order valence-corrected chi connectivity index (χ1v) is 15.3. The number of carbonyl (C=O) groups is 2. The summed E-state index contributed by atoms with van der Waals surface area (Å²) in [5, 5.41) is 1.31. The molecule has 236 valence electrons. The molecule has 1 N–H and O–H groups in total. The van der Waals surface area contributed by atoms with E-state index in [1.807, 2.05) is 0 Å². The lowest BCUT2D eigenvalue weighted by Crippen LogP contribution is -2.59. The Bertz CT molecular complexity index is 1490. The standard InChI is InChI=1S/C34H42N2O8/c1-39-27-14-19(15-28(40-2)31(27)41-3)33(37)44-29-16-20-18-36-13-12-23-22-8-6-7-9-25(22)35-26(23)11-10-21(36)17-24(20)30(32(29)42-4)34(38)43-5/h6-9,14-15,20-21,24,29-30,32,35H,10-13,16-18H2,1-5H3/t20-,21?,24+,29-,30?,32+/m1/s1. The number of rotatable bonds is 7. The summed E-state index contributed by atoms with van der Waals surface area (Å²) in [5.41, 5.74) is 4.19. The molecule has 0 amide bonds. The predicted octanol–water partition coefficient (Wildman–Crippen LogP) is 4.42. The number of piperidine rings is 1. The fourth-order valence-corrected chi connectivity index (χ4v) is 8.00. The van der Waals surface area contributed by atoms with Crippen molar-refractivity contribution in [3.8, 4) is 17.2 Å². The molecular weight excluding hydrogens is 564 g/mol. The number of ether oxygens (including phenoxy) is 6. The third-order valence-electron chi connectivity index (χ3n) is 10.0. The van der Waals surface area contributed by atoms with Crippen molar-refractivity contribution in [2.75, 3.05) is 48.6 Å². The fourth-order valence-electron chi connectivity index (χ4n) is 8.00. The van der Waals surface area contributed by atoms with Gasteiger partial charge in [-0.3, -0.25) is 9.69 Å². The number of fused-ring (bicyclic) bond motifs is 5. The summed E-state index contributed by atoms with van der Waals surface area (Å²) in [7, 11) is 7.49. The number of H-pyrrole nitrogens is 1. The van der Waals surface area contributed by atoms with Crippen molar-refractivity contribution in [3.63, 3.8) is 0 Å². The Hall–Kier alpha value is -3.76. The van der Waals surface area contributed by atoms with Crippen LogP contribution in [0.25, 0.3) is 10.9 Å². The summed E-state index contributed by atoms with van der Waals surface area (Å²) >= 11 is 0. The predicted molar refractivity (Wildman–Crippen MR) is 164 cm³/mol. The van der Waals surface area contributed by atoms with E-state index in [-0.39, 0.29) is 23.4 Å². The van der Waals surface area contributed by atoms with Gasteiger partial charge in [0.1, 0.15) is 12.2 Å². The highest BCUT2D eigenvalue weighted by atomic mass is 16.6. The highest BCUT2D eigenvalue weighted by Crippen LogP contribution is 2.46. The number of nitrogens with one attached hydrogen (secondary N) is 1. The molecule has 2 aliphatic heterocycles. The Morgan fingerprint density at radius 3 is 2.36 bits per heavy atom. The van der Waals surface area contributed by atoms with E-state index < -0.39 is 24.1 Å². The average molecular weight is 607 g/mol. The van der Waals surface area contributed by atoms with Crippen LogP contribution < -0.4 is 14.2 Å². The first-order valence-electron chi connectivity index (χ1n) is 15.3. The van der Waals surface area contributed by atoms with Gasteiger partial charge in [-0.2, -0.15) is 0 Å². The molecule has 1 aliphatic carbocycles. The van der Waals surface area contributed by atoms with E-state index in [0.717, 1.165) is 38.8 Å². The molecule has 44 heavy (non-hydrogen) atoms. The number of aromatic nitrogens is 1. The smallest absolute Gasteiger partial charge is 0.338 e. The molecule has 0 radical (unpaired) electrons. The first kappa shape index (κ1) is 30.3. The summed E-state index contributed by atoms with van der Waals surface area (Å²) in [6.07, 6.45) is 3.14. The highest BCUT2D eigenvalue weighted by Gasteiger charge is 2.53. The normalized spacial score (nSPS) is 26.8. The van der Waals surface area contributed by atoms with Crippen molar-refractivity contribution in [3.05, 3.63) is 53.2 Å². The van der Waals surface area contributed by atoms with E-state index in [2.05, 4.69) is 34.1 Å². The van der Waals surface area contributed by atoms with Gasteiger partial charge in [-0.25, -0.2) is 4.79 Å². The van der Waals surface area contributed by atoms with Crippen molar-refractivity contribution in [1.29, 1.82) is 0 Å². The summed E-state index contributed by atoms with van der Waals surface area (Å²) in [6, 6.07) is 12.0. The fraction of sp³-hybridized carbons (Fsp3) is 0.529. The second kappa shape index (κ2) is 12.7. The SMILES string of the molecule is COC(=O)C1[C@H]2CC3CCc4[nH]c5ccccc5c4CCN3C[C@H]2C[C@@H](OC(=O)c2cc(OC)c(OC)c(OC)c2)[C@@H]1OC. The molecule has 10 heteroatoms. The van der Waals surface area contributed by atoms with E-state index in [4.69, 9.17) is 28.4 Å². The number of benzene rings is 2. The molecule has 6 rings (SSSR count). The Kier molecular flexibility index (Phi) is 8.73. The zero-order chi connectivity index (χ0) is 31.0. The minimum absolute atomic E-state index is 0.0615. The number of aromatic amines is 1. The van der Waals surface area contributed by atoms with Gasteiger partial charge >= 0.3 is 11.9 Å². The maximum absolute atomic E-state index is 13.6. The largest absolute Gasteiger partial charge is 0.493 e. The number of hydrogen-bond donors (Lipinski definition) is 1. The van der Waals surface area contributed by atoms with Gasteiger partial charge in [0.25, 0.3) is 0 Å². The first-order chi connectivity index (χ1) is 21.4. The van der Waals surface area contributed by atoms with Gasteiger partial charge in [-0.15, -0.1) is 0 Å². The summed E-state index contributed by atoms with van der Waals surface area (Å²) in [5.74, 6) is -0.121. The van der Waals surface area contributed by atoms with Gasteiger partial charge in [0.05, 0.1) is 39.9 Å². The maximum atomic E-state index is 13.6. The molecule has 1 aromatic heterocycles. The molecule has 6 atom stereocenters. The third kappa shape index (κ3) is 5.38. The molecule has 3 heterocycles. The molecule has 2 aromatic carbocycles. The van der Waals surface area contributed by atoms with E-state index >= 15 is 0 Å². The van der Waals surface area contributed by atoms with Crippen LogP contribution in [0.3, 0.4) is 0 Å². The van der Waals surface area contributed by atoms with Crippen LogP contribution in [0.5, 0.6) is 17.2 Å². The number of carbonyl (C=O) groups excluding carboxylic acids is 2. The summed E-state index contributed by atoms with van der Waals surface area (Å²) < 4.78 is 33.7. The molecule has 1 saturated heterocycles. The summed E-state index contributed by atoms with van der Waals surface area (Å²) in [4.78, 5) is 33.2.